The molecule has 1 heterocycles. The number of esters is 1. The lowest BCUT2D eigenvalue weighted by atomic mass is 10.2. The molecule has 0 saturated carbocycles. The van der Waals surface area contributed by atoms with Crippen molar-refractivity contribution in [3.63, 3.8) is 0 Å². The molecule has 2 rings (SSSR count). The van der Waals surface area contributed by atoms with Crippen LogP contribution in [0, 0.1) is 0 Å². The zero-order valence-electron chi connectivity index (χ0n) is 14.8. The van der Waals surface area contributed by atoms with Gasteiger partial charge in [-0.05, 0) is 42.8 Å². The number of sulfonamides is 1. The number of nitrogens with one attached hydrogen (secondary N) is 1. The third-order valence-corrected chi connectivity index (χ3v) is 6.92. The summed E-state index contributed by atoms with van der Waals surface area (Å²) in [5.74, 6) is -0.944. The molecule has 0 aliphatic rings. The van der Waals surface area contributed by atoms with E-state index in [1.54, 1.807) is 12.1 Å². The van der Waals surface area contributed by atoms with Crippen LogP contribution in [-0.2, 0) is 19.6 Å². The molecule has 0 unspecified atom stereocenters. The van der Waals surface area contributed by atoms with E-state index in [0.29, 0.717) is 22.2 Å². The second kappa shape index (κ2) is 9.32. The van der Waals surface area contributed by atoms with Crippen molar-refractivity contribution in [3.05, 3.63) is 46.3 Å². The van der Waals surface area contributed by atoms with Crippen LogP contribution in [0.2, 0.25) is 4.34 Å². The first-order chi connectivity index (χ1) is 12.7. The van der Waals surface area contributed by atoms with Crippen LogP contribution in [0.1, 0.15) is 23.7 Å². The number of thiophene rings is 1. The first-order valence-electron chi connectivity index (χ1n) is 8.02. The molecule has 0 saturated heterocycles. The van der Waals surface area contributed by atoms with Gasteiger partial charge in [-0.15, -0.1) is 11.3 Å². The minimum Gasteiger partial charge on any atom is -0.462 e. The van der Waals surface area contributed by atoms with Gasteiger partial charge in [0.2, 0.25) is 5.91 Å². The van der Waals surface area contributed by atoms with Gasteiger partial charge in [-0.1, -0.05) is 18.5 Å². The summed E-state index contributed by atoms with van der Waals surface area (Å²) < 4.78 is 31.2. The summed E-state index contributed by atoms with van der Waals surface area (Å²) in [5, 5.41) is 2.59. The van der Waals surface area contributed by atoms with Gasteiger partial charge in [0.1, 0.15) is 4.21 Å². The number of hydrogen-bond acceptors (Lipinski definition) is 6. The third kappa shape index (κ3) is 5.77. The lowest BCUT2D eigenvalue weighted by Crippen LogP contribution is -2.34. The zero-order valence-corrected chi connectivity index (χ0v) is 17.2. The Morgan fingerprint density at radius 3 is 2.41 bits per heavy atom. The van der Waals surface area contributed by atoms with E-state index in [2.05, 4.69) is 5.32 Å². The first kappa shape index (κ1) is 21.4. The van der Waals surface area contributed by atoms with Crippen LogP contribution in [0.15, 0.2) is 40.6 Å². The minimum atomic E-state index is -3.79. The van der Waals surface area contributed by atoms with E-state index in [9.17, 15) is 18.0 Å². The second-order valence-corrected chi connectivity index (χ2v) is 9.57. The number of hydrogen-bond donors (Lipinski definition) is 1. The van der Waals surface area contributed by atoms with Gasteiger partial charge in [0.15, 0.2) is 0 Å². The van der Waals surface area contributed by atoms with Gasteiger partial charge < -0.3 is 10.1 Å². The molecule has 2 aromatic rings. The molecule has 146 valence electrons. The quantitative estimate of drug-likeness (QED) is 0.649. The number of rotatable bonds is 8. The van der Waals surface area contributed by atoms with Crippen LogP contribution in [0.5, 0.6) is 0 Å². The molecule has 0 aliphatic heterocycles. The lowest BCUT2D eigenvalue weighted by molar-refractivity contribution is -0.116. The maximum atomic E-state index is 12.4. The Morgan fingerprint density at radius 2 is 1.85 bits per heavy atom. The summed E-state index contributed by atoms with van der Waals surface area (Å²) in [7, 11) is -2.47. The van der Waals surface area contributed by atoms with E-state index >= 15 is 0 Å². The van der Waals surface area contributed by atoms with E-state index in [-0.39, 0.29) is 10.8 Å². The van der Waals surface area contributed by atoms with Crippen LogP contribution < -0.4 is 5.32 Å². The third-order valence-electron chi connectivity index (χ3n) is 3.42. The van der Waals surface area contributed by atoms with Crippen LogP contribution in [0.4, 0.5) is 5.69 Å². The van der Waals surface area contributed by atoms with Crippen LogP contribution in [0.3, 0.4) is 0 Å². The van der Waals surface area contributed by atoms with Crippen LogP contribution in [-0.4, -0.2) is 44.8 Å². The number of benzene rings is 1. The van der Waals surface area contributed by atoms with Gasteiger partial charge in [-0.2, -0.15) is 4.31 Å². The van der Waals surface area contributed by atoms with Crippen molar-refractivity contribution in [1.82, 2.24) is 4.31 Å². The van der Waals surface area contributed by atoms with E-state index in [1.165, 1.54) is 31.3 Å². The normalized spacial score (nSPS) is 11.4. The highest BCUT2D eigenvalue weighted by Gasteiger charge is 2.24. The molecule has 1 amide bonds. The molecular formula is C17H19ClN2O5S2. The van der Waals surface area contributed by atoms with Crippen LogP contribution >= 0.6 is 22.9 Å². The fraction of sp³-hybridized carbons (Fsp3) is 0.294. The Bertz CT molecular complexity index is 910. The number of likely N-dealkylation sites (N-methyl/N-ethyl adjacent to an activating group) is 1. The fourth-order valence-corrected chi connectivity index (χ4v) is 4.87. The van der Waals surface area contributed by atoms with Gasteiger partial charge in [-0.3, -0.25) is 4.79 Å². The van der Waals surface area contributed by atoms with E-state index in [0.717, 1.165) is 22.1 Å². The number of carbonyl (C=O) groups is 2. The number of anilines is 1. The van der Waals surface area contributed by atoms with E-state index in [4.69, 9.17) is 16.3 Å². The standard InChI is InChI=1S/C17H19ClN2O5S2/c1-3-10-25-17(22)12-4-6-13(7-5-12)19-15(21)11-20(2)27(23,24)16-9-8-14(18)26-16/h4-9H,3,10-11H2,1-2H3,(H,19,21). The highest BCUT2D eigenvalue weighted by Crippen LogP contribution is 2.27. The lowest BCUT2D eigenvalue weighted by Gasteiger charge is -2.15. The van der Waals surface area contributed by atoms with Crippen molar-refractivity contribution in [3.8, 4) is 0 Å². The van der Waals surface area contributed by atoms with Gasteiger partial charge in [-0.25, -0.2) is 13.2 Å². The smallest absolute Gasteiger partial charge is 0.338 e. The summed E-state index contributed by atoms with van der Waals surface area (Å²) in [5.41, 5.74) is 0.813. The highest BCUT2D eigenvalue weighted by atomic mass is 35.5. The molecule has 7 nitrogen and oxygen atoms in total. The average Bonchev–Trinajstić information content (AvgIpc) is 3.07. The molecule has 0 atom stereocenters. The van der Waals surface area contributed by atoms with E-state index in [1.807, 2.05) is 6.92 Å². The molecule has 1 aromatic heterocycles. The number of amides is 1. The van der Waals surface area contributed by atoms with E-state index < -0.39 is 21.9 Å². The molecular weight excluding hydrogens is 412 g/mol. The van der Waals surface area contributed by atoms with Gasteiger partial charge >= 0.3 is 5.97 Å². The molecule has 0 radical (unpaired) electrons. The van der Waals surface area contributed by atoms with Crippen molar-refractivity contribution < 1.29 is 22.7 Å². The first-order valence-corrected chi connectivity index (χ1v) is 10.7. The SMILES string of the molecule is CCCOC(=O)c1ccc(NC(=O)CN(C)S(=O)(=O)c2ccc(Cl)s2)cc1. The minimum absolute atomic E-state index is 0.0674. The molecule has 0 bridgehead atoms. The second-order valence-electron chi connectivity index (χ2n) is 5.58. The number of carbonyl (C=O) groups excluding carboxylic acids is 2. The summed E-state index contributed by atoms with van der Waals surface area (Å²) in [6, 6.07) is 9.04. The van der Waals surface area contributed by atoms with Crippen molar-refractivity contribution in [2.75, 3.05) is 25.5 Å². The molecule has 1 N–H and O–H groups in total. The summed E-state index contributed by atoms with van der Waals surface area (Å²) in [6.45, 7) is 1.88. The molecule has 10 heteroatoms. The largest absolute Gasteiger partial charge is 0.462 e. The Kier molecular flexibility index (Phi) is 7.37. The Balaban J connectivity index is 1.96. The summed E-state index contributed by atoms with van der Waals surface area (Å²) in [6.07, 6.45) is 0.730. The monoisotopic (exact) mass is 430 g/mol. The topological polar surface area (TPSA) is 92.8 Å². The fourth-order valence-electron chi connectivity index (χ4n) is 2.05. The van der Waals surface area contributed by atoms with Gasteiger partial charge in [0, 0.05) is 12.7 Å². The van der Waals surface area contributed by atoms with Crippen LogP contribution in [0.25, 0.3) is 0 Å². The average molecular weight is 431 g/mol. The molecule has 0 aliphatic carbocycles. The van der Waals surface area contributed by atoms with Gasteiger partial charge in [0.05, 0.1) is 23.1 Å². The highest BCUT2D eigenvalue weighted by molar-refractivity contribution is 7.91. The van der Waals surface area contributed by atoms with Crippen molar-refractivity contribution in [2.45, 2.75) is 17.6 Å². The summed E-state index contributed by atoms with van der Waals surface area (Å²) >= 11 is 6.69. The summed E-state index contributed by atoms with van der Waals surface area (Å²) in [4.78, 5) is 23.9. The number of nitrogens with zero attached hydrogens (tertiary/aromatic N) is 1. The number of ether oxygens (including phenoxy) is 1. The van der Waals surface area contributed by atoms with Crippen molar-refractivity contribution >= 4 is 50.5 Å². The zero-order chi connectivity index (χ0) is 20.0. The molecule has 0 fully saturated rings. The number of halogens is 1. The molecule has 27 heavy (non-hydrogen) atoms. The van der Waals surface area contributed by atoms with Gasteiger partial charge in [0.25, 0.3) is 10.0 Å². The van der Waals surface area contributed by atoms with Crippen molar-refractivity contribution in [2.24, 2.45) is 0 Å². The van der Waals surface area contributed by atoms with Crippen molar-refractivity contribution in [1.29, 1.82) is 0 Å². The molecule has 0 spiro atoms. The maximum Gasteiger partial charge on any atom is 0.338 e. The predicted octanol–water partition coefficient (Wildman–Crippen LogP) is 3.23. The Labute approximate surface area is 166 Å². The maximum absolute atomic E-state index is 12.4. The predicted molar refractivity (Wildman–Crippen MR) is 105 cm³/mol. The Morgan fingerprint density at radius 1 is 1.19 bits per heavy atom. The molecule has 1 aromatic carbocycles. The Hall–Kier alpha value is -1.94.